The molecule has 1 aliphatic rings. The van der Waals surface area contributed by atoms with Crippen molar-refractivity contribution in [1.82, 2.24) is 4.90 Å². The lowest BCUT2D eigenvalue weighted by atomic mass is 9.77. The van der Waals surface area contributed by atoms with E-state index >= 15 is 0 Å². The van der Waals surface area contributed by atoms with Gasteiger partial charge in [0, 0.05) is 12.1 Å². The first-order chi connectivity index (χ1) is 9.45. The second-order valence-electron chi connectivity index (χ2n) is 6.52. The standard InChI is InChI=1S/C17H27FN2/c1-4-17(3)9-11-20(12-10-17)13(2)16(19)14-5-7-15(18)8-6-14/h5-8,13,16H,4,9-12,19H2,1-3H3. The number of nitrogens with two attached hydrogens (primary N) is 1. The van der Waals surface area contributed by atoms with E-state index in [9.17, 15) is 4.39 Å². The number of likely N-dealkylation sites (tertiary alicyclic amines) is 1. The lowest BCUT2D eigenvalue weighted by Gasteiger charge is -2.43. The number of nitrogens with zero attached hydrogens (tertiary/aromatic N) is 1. The summed E-state index contributed by atoms with van der Waals surface area (Å²) in [7, 11) is 0. The van der Waals surface area contributed by atoms with Gasteiger partial charge in [-0.25, -0.2) is 4.39 Å². The Balaban J connectivity index is 1.98. The second-order valence-corrected chi connectivity index (χ2v) is 6.52. The molecule has 2 rings (SSSR count). The molecule has 0 saturated carbocycles. The van der Waals surface area contributed by atoms with Gasteiger partial charge in [0.25, 0.3) is 0 Å². The first-order valence-corrected chi connectivity index (χ1v) is 7.70. The largest absolute Gasteiger partial charge is 0.323 e. The molecule has 0 spiro atoms. The highest BCUT2D eigenvalue weighted by molar-refractivity contribution is 5.21. The van der Waals surface area contributed by atoms with Crippen LogP contribution in [0.15, 0.2) is 24.3 Å². The Morgan fingerprint density at radius 1 is 1.25 bits per heavy atom. The molecule has 1 saturated heterocycles. The van der Waals surface area contributed by atoms with Crippen molar-refractivity contribution < 1.29 is 4.39 Å². The third-order valence-electron chi connectivity index (χ3n) is 5.21. The average molecular weight is 278 g/mol. The zero-order valence-corrected chi connectivity index (χ0v) is 12.9. The van der Waals surface area contributed by atoms with Crippen molar-refractivity contribution in [3.63, 3.8) is 0 Å². The highest BCUT2D eigenvalue weighted by Crippen LogP contribution is 2.35. The summed E-state index contributed by atoms with van der Waals surface area (Å²) in [4.78, 5) is 2.48. The normalized spacial score (nSPS) is 22.4. The van der Waals surface area contributed by atoms with Gasteiger partial charge in [0.05, 0.1) is 0 Å². The van der Waals surface area contributed by atoms with Gasteiger partial charge in [-0.2, -0.15) is 0 Å². The smallest absolute Gasteiger partial charge is 0.123 e. The van der Waals surface area contributed by atoms with Gasteiger partial charge in [-0.15, -0.1) is 0 Å². The molecule has 112 valence electrons. The van der Waals surface area contributed by atoms with Crippen molar-refractivity contribution in [2.45, 2.75) is 52.1 Å². The van der Waals surface area contributed by atoms with Crippen molar-refractivity contribution in [3.8, 4) is 0 Å². The van der Waals surface area contributed by atoms with Crippen LogP contribution in [0.2, 0.25) is 0 Å². The number of piperidine rings is 1. The van der Waals surface area contributed by atoms with Gasteiger partial charge in [0.1, 0.15) is 5.82 Å². The van der Waals surface area contributed by atoms with E-state index in [1.807, 2.05) is 0 Å². The first kappa shape index (κ1) is 15.5. The molecular formula is C17H27FN2. The molecule has 0 radical (unpaired) electrons. The summed E-state index contributed by atoms with van der Waals surface area (Å²) in [6, 6.07) is 6.83. The first-order valence-electron chi connectivity index (χ1n) is 7.70. The van der Waals surface area contributed by atoms with Gasteiger partial charge in [-0.05, 0) is 56.0 Å². The molecule has 2 N–H and O–H groups in total. The summed E-state index contributed by atoms with van der Waals surface area (Å²) in [6.45, 7) is 9.07. The summed E-state index contributed by atoms with van der Waals surface area (Å²) >= 11 is 0. The Morgan fingerprint density at radius 2 is 1.80 bits per heavy atom. The van der Waals surface area contributed by atoms with E-state index in [-0.39, 0.29) is 11.9 Å². The van der Waals surface area contributed by atoms with E-state index < -0.39 is 0 Å². The number of hydrogen-bond acceptors (Lipinski definition) is 2. The summed E-state index contributed by atoms with van der Waals surface area (Å²) in [5.41, 5.74) is 7.87. The number of halogens is 1. The molecule has 1 heterocycles. The lowest BCUT2D eigenvalue weighted by Crippen LogP contribution is -2.47. The zero-order chi connectivity index (χ0) is 14.8. The molecule has 1 aromatic carbocycles. The SMILES string of the molecule is CCC1(C)CCN(C(C)C(N)c2ccc(F)cc2)CC1. The van der Waals surface area contributed by atoms with Crippen LogP contribution in [0, 0.1) is 11.2 Å². The van der Waals surface area contributed by atoms with Crippen molar-refractivity contribution in [2.24, 2.45) is 11.1 Å². The van der Waals surface area contributed by atoms with Crippen LogP contribution in [-0.4, -0.2) is 24.0 Å². The van der Waals surface area contributed by atoms with Crippen LogP contribution in [0.3, 0.4) is 0 Å². The van der Waals surface area contributed by atoms with Crippen LogP contribution in [0.4, 0.5) is 4.39 Å². The molecule has 0 aliphatic carbocycles. The molecule has 0 bridgehead atoms. The van der Waals surface area contributed by atoms with Crippen LogP contribution in [0.1, 0.15) is 51.6 Å². The van der Waals surface area contributed by atoms with E-state index in [1.165, 1.54) is 31.4 Å². The molecule has 2 unspecified atom stereocenters. The second kappa shape index (κ2) is 6.23. The summed E-state index contributed by atoms with van der Waals surface area (Å²) in [5.74, 6) is -0.203. The van der Waals surface area contributed by atoms with Crippen molar-refractivity contribution in [2.75, 3.05) is 13.1 Å². The molecule has 3 heteroatoms. The fourth-order valence-electron chi connectivity index (χ4n) is 3.02. The Hall–Kier alpha value is -0.930. The highest BCUT2D eigenvalue weighted by Gasteiger charge is 2.31. The third-order valence-corrected chi connectivity index (χ3v) is 5.21. The van der Waals surface area contributed by atoms with Gasteiger partial charge >= 0.3 is 0 Å². The maximum Gasteiger partial charge on any atom is 0.123 e. The third kappa shape index (κ3) is 3.39. The van der Waals surface area contributed by atoms with E-state index in [2.05, 4.69) is 25.7 Å². The molecule has 0 amide bonds. The minimum Gasteiger partial charge on any atom is -0.323 e. The molecule has 2 atom stereocenters. The van der Waals surface area contributed by atoms with E-state index in [4.69, 9.17) is 5.73 Å². The van der Waals surface area contributed by atoms with E-state index in [1.54, 1.807) is 12.1 Å². The summed E-state index contributed by atoms with van der Waals surface area (Å²) < 4.78 is 13.0. The van der Waals surface area contributed by atoms with E-state index in [0.717, 1.165) is 18.7 Å². The topological polar surface area (TPSA) is 29.3 Å². The Kier molecular flexibility index (Phi) is 4.82. The van der Waals surface area contributed by atoms with Crippen LogP contribution < -0.4 is 5.73 Å². The number of benzene rings is 1. The molecule has 1 fully saturated rings. The fraction of sp³-hybridized carbons (Fsp3) is 0.647. The minimum atomic E-state index is -0.203. The Labute approximate surface area is 122 Å². The molecule has 1 aliphatic heterocycles. The van der Waals surface area contributed by atoms with Gasteiger partial charge in [0.2, 0.25) is 0 Å². The lowest BCUT2D eigenvalue weighted by molar-refractivity contribution is 0.0770. The minimum absolute atomic E-state index is 0.0541. The molecule has 20 heavy (non-hydrogen) atoms. The maximum absolute atomic E-state index is 13.0. The summed E-state index contributed by atoms with van der Waals surface area (Å²) in [6.07, 6.45) is 3.73. The van der Waals surface area contributed by atoms with Crippen molar-refractivity contribution >= 4 is 0 Å². The van der Waals surface area contributed by atoms with Crippen LogP contribution in [0.25, 0.3) is 0 Å². The average Bonchev–Trinajstić information content (AvgIpc) is 2.47. The molecule has 0 aromatic heterocycles. The monoisotopic (exact) mass is 278 g/mol. The van der Waals surface area contributed by atoms with Gasteiger partial charge in [-0.3, -0.25) is 4.90 Å². The van der Waals surface area contributed by atoms with E-state index in [0.29, 0.717) is 11.5 Å². The quantitative estimate of drug-likeness (QED) is 0.909. The fourth-order valence-corrected chi connectivity index (χ4v) is 3.02. The molecule has 2 nitrogen and oxygen atoms in total. The highest BCUT2D eigenvalue weighted by atomic mass is 19.1. The number of hydrogen-bond donors (Lipinski definition) is 1. The predicted molar refractivity (Wildman–Crippen MR) is 82.0 cm³/mol. The van der Waals surface area contributed by atoms with Gasteiger partial charge < -0.3 is 5.73 Å². The van der Waals surface area contributed by atoms with Gasteiger partial charge in [0.15, 0.2) is 0 Å². The summed E-state index contributed by atoms with van der Waals surface area (Å²) in [5, 5.41) is 0. The zero-order valence-electron chi connectivity index (χ0n) is 12.9. The Bertz CT molecular complexity index is 421. The molecule has 1 aromatic rings. The van der Waals surface area contributed by atoms with Crippen molar-refractivity contribution in [3.05, 3.63) is 35.6 Å². The van der Waals surface area contributed by atoms with Crippen molar-refractivity contribution in [1.29, 1.82) is 0 Å². The van der Waals surface area contributed by atoms with Crippen LogP contribution in [-0.2, 0) is 0 Å². The van der Waals surface area contributed by atoms with Crippen LogP contribution >= 0.6 is 0 Å². The Morgan fingerprint density at radius 3 is 2.30 bits per heavy atom. The maximum atomic E-state index is 13.0. The number of rotatable bonds is 4. The molecular weight excluding hydrogens is 251 g/mol. The van der Waals surface area contributed by atoms with Crippen LogP contribution in [0.5, 0.6) is 0 Å². The predicted octanol–water partition coefficient (Wildman–Crippen LogP) is 3.73. The van der Waals surface area contributed by atoms with Gasteiger partial charge in [-0.1, -0.05) is 32.4 Å².